The van der Waals surface area contributed by atoms with E-state index in [4.69, 9.17) is 19.2 Å². The van der Waals surface area contributed by atoms with Gasteiger partial charge in [-0.25, -0.2) is 4.99 Å². The molecule has 0 spiro atoms. The Morgan fingerprint density at radius 2 is 1.97 bits per heavy atom. The Labute approximate surface area is 199 Å². The third-order valence-electron chi connectivity index (χ3n) is 5.13. The van der Waals surface area contributed by atoms with Crippen LogP contribution in [0.15, 0.2) is 29.3 Å². The van der Waals surface area contributed by atoms with Crippen molar-refractivity contribution in [2.45, 2.75) is 38.8 Å². The third-order valence-corrected chi connectivity index (χ3v) is 5.13. The molecule has 7 nitrogen and oxygen atoms in total. The van der Waals surface area contributed by atoms with Gasteiger partial charge in [-0.1, -0.05) is 12.1 Å². The minimum absolute atomic E-state index is 0. The van der Waals surface area contributed by atoms with Gasteiger partial charge in [0.2, 0.25) is 0 Å². The van der Waals surface area contributed by atoms with Crippen LogP contribution in [0, 0.1) is 0 Å². The summed E-state index contributed by atoms with van der Waals surface area (Å²) in [6, 6.07) is 8.58. The summed E-state index contributed by atoms with van der Waals surface area (Å²) in [7, 11) is 3.44. The van der Waals surface area contributed by atoms with Crippen LogP contribution in [0.5, 0.6) is 5.75 Å². The van der Waals surface area contributed by atoms with E-state index in [1.807, 2.05) is 19.1 Å². The number of rotatable bonds is 13. The Morgan fingerprint density at radius 3 is 2.67 bits per heavy atom. The number of nitrogens with one attached hydrogen (secondary N) is 2. The van der Waals surface area contributed by atoms with Crippen molar-refractivity contribution in [3.05, 3.63) is 29.8 Å². The van der Waals surface area contributed by atoms with Crippen molar-refractivity contribution in [2.24, 2.45) is 4.99 Å². The molecule has 1 aliphatic rings. The maximum Gasteiger partial charge on any atom is 0.191 e. The van der Waals surface area contributed by atoms with E-state index >= 15 is 0 Å². The molecule has 1 fully saturated rings. The highest BCUT2D eigenvalue weighted by molar-refractivity contribution is 14.0. The highest BCUT2D eigenvalue weighted by Gasteiger charge is 2.23. The number of nitrogens with zero attached hydrogens (tertiary/aromatic N) is 2. The molecule has 0 saturated carbocycles. The van der Waals surface area contributed by atoms with Crippen LogP contribution in [-0.4, -0.2) is 77.1 Å². The predicted octanol–water partition coefficient (Wildman–Crippen LogP) is 2.89. The Bertz CT molecular complexity index is 586. The number of hydrogen-bond acceptors (Lipinski definition) is 5. The molecule has 1 unspecified atom stereocenters. The molecule has 1 aliphatic heterocycles. The molecule has 1 atom stereocenters. The lowest BCUT2D eigenvalue weighted by molar-refractivity contribution is 0.141. The molecule has 1 saturated heterocycles. The molecule has 30 heavy (non-hydrogen) atoms. The van der Waals surface area contributed by atoms with Crippen molar-refractivity contribution in [1.29, 1.82) is 0 Å². The maximum absolute atomic E-state index is 5.43. The number of hydrogen-bond donors (Lipinski definition) is 2. The van der Waals surface area contributed by atoms with Gasteiger partial charge in [-0.2, -0.15) is 0 Å². The van der Waals surface area contributed by atoms with E-state index in [1.165, 1.54) is 12.8 Å². The fourth-order valence-electron chi connectivity index (χ4n) is 3.44. The molecular formula is C22H39IN4O3. The van der Waals surface area contributed by atoms with Gasteiger partial charge in [0.25, 0.3) is 0 Å². The maximum atomic E-state index is 5.43. The fraction of sp³-hybridized carbons (Fsp3) is 0.682. The van der Waals surface area contributed by atoms with E-state index < -0.39 is 0 Å². The van der Waals surface area contributed by atoms with Crippen molar-refractivity contribution in [1.82, 2.24) is 15.5 Å². The molecule has 172 valence electrons. The van der Waals surface area contributed by atoms with Crippen LogP contribution in [-0.2, 0) is 16.0 Å². The number of likely N-dealkylation sites (tertiary alicyclic amines) is 1. The number of guanidine groups is 1. The molecule has 1 heterocycles. The van der Waals surface area contributed by atoms with Gasteiger partial charge < -0.3 is 24.8 Å². The second kappa shape index (κ2) is 16.6. The molecule has 1 aromatic rings. The van der Waals surface area contributed by atoms with Gasteiger partial charge in [-0.15, -0.1) is 24.0 Å². The first-order chi connectivity index (χ1) is 14.3. The largest absolute Gasteiger partial charge is 0.497 e. The van der Waals surface area contributed by atoms with Crippen LogP contribution in [0.2, 0.25) is 0 Å². The summed E-state index contributed by atoms with van der Waals surface area (Å²) in [5.41, 5.74) is 1.16. The second-order valence-corrected chi connectivity index (χ2v) is 7.20. The van der Waals surface area contributed by atoms with Gasteiger partial charge in [-0.05, 0) is 50.4 Å². The van der Waals surface area contributed by atoms with Gasteiger partial charge >= 0.3 is 0 Å². The zero-order valence-electron chi connectivity index (χ0n) is 18.7. The van der Waals surface area contributed by atoms with Crippen LogP contribution < -0.4 is 15.4 Å². The van der Waals surface area contributed by atoms with E-state index in [0.29, 0.717) is 12.6 Å². The van der Waals surface area contributed by atoms with Crippen molar-refractivity contribution in [2.75, 3.05) is 60.2 Å². The normalized spacial score (nSPS) is 16.9. The average Bonchev–Trinajstić information content (AvgIpc) is 3.21. The number of benzene rings is 1. The SMILES string of the molecule is CCOCCCNC(=NCc1ccc(OC)cc1)NCC1CCCN1CCOC.I. The number of methoxy groups -OCH3 is 2. The van der Waals surface area contributed by atoms with Crippen LogP contribution in [0.3, 0.4) is 0 Å². The topological polar surface area (TPSA) is 67.3 Å². The molecule has 2 N–H and O–H groups in total. The monoisotopic (exact) mass is 534 g/mol. The van der Waals surface area contributed by atoms with Gasteiger partial charge in [-0.3, -0.25) is 4.90 Å². The van der Waals surface area contributed by atoms with Crippen LogP contribution in [0.25, 0.3) is 0 Å². The molecule has 0 aromatic heterocycles. The van der Waals surface area contributed by atoms with Gasteiger partial charge in [0.05, 0.1) is 20.3 Å². The third kappa shape index (κ3) is 10.3. The van der Waals surface area contributed by atoms with Crippen LogP contribution >= 0.6 is 24.0 Å². The highest BCUT2D eigenvalue weighted by atomic mass is 127. The highest BCUT2D eigenvalue weighted by Crippen LogP contribution is 2.16. The van der Waals surface area contributed by atoms with Crippen molar-refractivity contribution in [3.8, 4) is 5.75 Å². The van der Waals surface area contributed by atoms with E-state index in [2.05, 4.69) is 27.7 Å². The number of aliphatic imine (C=N–C) groups is 1. The lowest BCUT2D eigenvalue weighted by Crippen LogP contribution is -2.45. The molecule has 8 heteroatoms. The molecular weight excluding hydrogens is 495 g/mol. The van der Waals surface area contributed by atoms with Gasteiger partial charge in [0.1, 0.15) is 5.75 Å². The molecule has 2 rings (SSSR count). The van der Waals surface area contributed by atoms with Crippen LogP contribution in [0.4, 0.5) is 0 Å². The summed E-state index contributed by atoms with van der Waals surface area (Å²) in [6.45, 7) is 8.83. The van der Waals surface area contributed by atoms with Crippen molar-refractivity contribution >= 4 is 29.9 Å². The fourth-order valence-corrected chi connectivity index (χ4v) is 3.44. The standard InChI is InChI=1S/C22H38N4O3.HI/c1-4-29-15-6-12-23-22(24-17-19-8-10-21(28-3)11-9-19)25-18-20-7-5-13-26(20)14-16-27-2;/h8-11,20H,4-7,12-18H2,1-3H3,(H2,23,24,25);1H. The van der Waals surface area contributed by atoms with E-state index in [0.717, 1.165) is 69.7 Å². The summed E-state index contributed by atoms with van der Waals surface area (Å²) in [4.78, 5) is 7.29. The van der Waals surface area contributed by atoms with Crippen LogP contribution in [0.1, 0.15) is 31.7 Å². The summed E-state index contributed by atoms with van der Waals surface area (Å²) in [5, 5.41) is 6.99. The molecule has 0 bridgehead atoms. The van der Waals surface area contributed by atoms with E-state index in [1.54, 1.807) is 14.2 Å². The number of ether oxygens (including phenoxy) is 3. The Morgan fingerprint density at radius 1 is 1.17 bits per heavy atom. The lowest BCUT2D eigenvalue weighted by Gasteiger charge is -2.25. The average molecular weight is 534 g/mol. The lowest BCUT2D eigenvalue weighted by atomic mass is 10.2. The minimum atomic E-state index is 0. The summed E-state index contributed by atoms with van der Waals surface area (Å²) < 4.78 is 15.9. The first kappa shape index (κ1) is 26.9. The summed E-state index contributed by atoms with van der Waals surface area (Å²) >= 11 is 0. The van der Waals surface area contributed by atoms with E-state index in [-0.39, 0.29) is 24.0 Å². The van der Waals surface area contributed by atoms with Gasteiger partial charge in [0, 0.05) is 46.0 Å². The Hall–Kier alpha value is -1.10. The molecule has 0 aliphatic carbocycles. The molecule has 0 amide bonds. The quantitative estimate of drug-likeness (QED) is 0.176. The van der Waals surface area contributed by atoms with Crippen molar-refractivity contribution in [3.63, 3.8) is 0 Å². The first-order valence-electron chi connectivity index (χ1n) is 10.7. The Kier molecular flexibility index (Phi) is 14.9. The van der Waals surface area contributed by atoms with Crippen molar-refractivity contribution < 1.29 is 14.2 Å². The number of halogens is 1. The zero-order valence-corrected chi connectivity index (χ0v) is 21.0. The zero-order chi connectivity index (χ0) is 20.7. The van der Waals surface area contributed by atoms with Gasteiger partial charge in [0.15, 0.2) is 5.96 Å². The smallest absolute Gasteiger partial charge is 0.191 e. The minimum Gasteiger partial charge on any atom is -0.497 e. The Balaban J connectivity index is 0.00000450. The molecule has 0 radical (unpaired) electrons. The van der Waals surface area contributed by atoms with E-state index in [9.17, 15) is 0 Å². The first-order valence-corrected chi connectivity index (χ1v) is 10.7. The molecule has 1 aromatic carbocycles. The predicted molar refractivity (Wildman–Crippen MR) is 133 cm³/mol. The second-order valence-electron chi connectivity index (χ2n) is 7.20. The summed E-state index contributed by atoms with van der Waals surface area (Å²) in [5.74, 6) is 1.72. The summed E-state index contributed by atoms with van der Waals surface area (Å²) in [6.07, 6.45) is 3.42.